The molecule has 1 heterocycles. The second-order valence-corrected chi connectivity index (χ2v) is 3.76. The Morgan fingerprint density at radius 3 is 2.12 bits per heavy atom. The highest BCUT2D eigenvalue weighted by molar-refractivity contribution is 6.26. The Morgan fingerprint density at radius 2 is 1.71 bits per heavy atom. The third kappa shape index (κ3) is 2.33. The Hall–Kier alpha value is -1.76. The molecule has 94 valence electrons. The Kier molecular flexibility index (Phi) is 3.95. The fraction of sp³-hybridized carbons (Fsp3) is 0.600. The zero-order valence-electron chi connectivity index (χ0n) is 10.0. The maximum Gasteiger partial charge on any atom is 0.332 e. The lowest BCUT2D eigenvalue weighted by molar-refractivity contribution is -0.144. The summed E-state index contributed by atoms with van der Waals surface area (Å²) in [6.45, 7) is 1.51. The summed E-state index contributed by atoms with van der Waals surface area (Å²) in [5, 5.41) is 8.64. The fourth-order valence-corrected chi connectivity index (χ4v) is 1.58. The monoisotopic (exact) mass is 241 g/mol. The van der Waals surface area contributed by atoms with Gasteiger partial charge in [-0.05, 0) is 6.92 Å². The molecule has 0 bridgehead atoms. The molecule has 1 aliphatic heterocycles. The topological polar surface area (TPSA) is 90.3 Å². The smallest absolute Gasteiger partial charge is 0.332 e. The van der Waals surface area contributed by atoms with Gasteiger partial charge in [-0.25, -0.2) is 4.79 Å². The van der Waals surface area contributed by atoms with Crippen LogP contribution in [-0.4, -0.2) is 65.7 Å². The molecule has 7 heteroatoms. The number of hydrogen-bond acceptors (Lipinski definition) is 5. The lowest BCUT2D eigenvalue weighted by atomic mass is 9.99. The van der Waals surface area contributed by atoms with Crippen molar-refractivity contribution in [3.63, 3.8) is 0 Å². The fourth-order valence-electron chi connectivity index (χ4n) is 1.58. The first kappa shape index (κ1) is 13.3. The molecule has 4 amide bonds. The summed E-state index contributed by atoms with van der Waals surface area (Å²) in [7, 11) is 2.64. The molecule has 0 aromatic rings. The molecule has 7 nitrogen and oxygen atoms in total. The number of barbiturate groups is 1. The number of imide groups is 2. The molecule has 17 heavy (non-hydrogen) atoms. The van der Waals surface area contributed by atoms with E-state index in [2.05, 4.69) is 4.99 Å². The van der Waals surface area contributed by atoms with Crippen molar-refractivity contribution in [2.24, 2.45) is 10.9 Å². The molecule has 0 radical (unpaired) electrons. The Labute approximate surface area is 98.7 Å². The number of rotatable bonds is 3. The summed E-state index contributed by atoms with van der Waals surface area (Å²) in [6, 6.07) is -0.647. The molecule has 1 saturated heterocycles. The molecule has 0 unspecified atom stereocenters. The van der Waals surface area contributed by atoms with E-state index in [9.17, 15) is 14.4 Å². The Balaban J connectivity index is 3.02. The largest absolute Gasteiger partial charge is 0.394 e. The normalized spacial score (nSPS) is 19.3. The minimum absolute atomic E-state index is 0.129. The highest BCUT2D eigenvalue weighted by Gasteiger charge is 2.43. The van der Waals surface area contributed by atoms with E-state index in [0.717, 1.165) is 9.80 Å². The molecule has 1 fully saturated rings. The van der Waals surface area contributed by atoms with E-state index in [4.69, 9.17) is 5.11 Å². The van der Waals surface area contributed by atoms with Crippen molar-refractivity contribution in [3.05, 3.63) is 0 Å². The summed E-state index contributed by atoms with van der Waals surface area (Å²) < 4.78 is 0. The minimum Gasteiger partial charge on any atom is -0.394 e. The van der Waals surface area contributed by atoms with Crippen molar-refractivity contribution >= 4 is 23.6 Å². The van der Waals surface area contributed by atoms with Gasteiger partial charge in [0.2, 0.25) is 11.8 Å². The van der Waals surface area contributed by atoms with Crippen LogP contribution in [0.15, 0.2) is 4.99 Å². The maximum absolute atomic E-state index is 11.8. The van der Waals surface area contributed by atoms with Crippen LogP contribution >= 0.6 is 0 Å². The van der Waals surface area contributed by atoms with E-state index >= 15 is 0 Å². The standard InChI is InChI=1S/C10H15N3O4/c1-6(11-4-5-14)7-8(15)12(2)10(17)13(3)9(7)16/h7,14H,4-5H2,1-3H3. The quantitative estimate of drug-likeness (QED) is 0.512. The lowest BCUT2D eigenvalue weighted by Gasteiger charge is -2.32. The SMILES string of the molecule is CC(=NCCO)C1C(=O)N(C)C(=O)N(C)C1=O. The number of nitrogens with zero attached hydrogens (tertiary/aromatic N) is 3. The highest BCUT2D eigenvalue weighted by Crippen LogP contribution is 2.16. The van der Waals surface area contributed by atoms with Gasteiger partial charge in [0.25, 0.3) is 0 Å². The zero-order chi connectivity index (χ0) is 13.2. The first-order valence-corrected chi connectivity index (χ1v) is 5.12. The molecular weight excluding hydrogens is 226 g/mol. The van der Waals surface area contributed by atoms with Crippen LogP contribution in [0.5, 0.6) is 0 Å². The first-order valence-electron chi connectivity index (χ1n) is 5.12. The van der Waals surface area contributed by atoms with Crippen molar-refractivity contribution in [1.82, 2.24) is 9.80 Å². The van der Waals surface area contributed by atoms with Gasteiger partial charge < -0.3 is 5.11 Å². The minimum atomic E-state index is -1.06. The van der Waals surface area contributed by atoms with Crippen molar-refractivity contribution in [2.45, 2.75) is 6.92 Å². The molecule has 0 spiro atoms. The average molecular weight is 241 g/mol. The number of aliphatic hydroxyl groups excluding tert-OH is 1. The van der Waals surface area contributed by atoms with Gasteiger partial charge in [0.05, 0.1) is 13.2 Å². The van der Waals surface area contributed by atoms with Crippen LogP contribution in [0.2, 0.25) is 0 Å². The Morgan fingerprint density at radius 1 is 1.24 bits per heavy atom. The van der Waals surface area contributed by atoms with Crippen LogP contribution in [0.3, 0.4) is 0 Å². The number of carbonyl (C=O) groups excluding carboxylic acids is 3. The molecule has 1 aliphatic rings. The third-order valence-corrected chi connectivity index (χ3v) is 2.61. The predicted molar refractivity (Wildman–Crippen MR) is 59.5 cm³/mol. The van der Waals surface area contributed by atoms with Crippen molar-refractivity contribution in [1.29, 1.82) is 0 Å². The van der Waals surface area contributed by atoms with Crippen LogP contribution in [0.25, 0.3) is 0 Å². The summed E-state index contributed by atoms with van der Waals surface area (Å²) in [5.74, 6) is -2.23. The van der Waals surface area contributed by atoms with Gasteiger partial charge in [-0.3, -0.25) is 24.4 Å². The van der Waals surface area contributed by atoms with Crippen LogP contribution in [-0.2, 0) is 9.59 Å². The Bertz CT molecular complexity index is 367. The van der Waals surface area contributed by atoms with Gasteiger partial charge in [0, 0.05) is 19.8 Å². The van der Waals surface area contributed by atoms with Gasteiger partial charge in [0.15, 0.2) is 5.92 Å². The van der Waals surface area contributed by atoms with Gasteiger partial charge in [-0.15, -0.1) is 0 Å². The molecule has 0 aliphatic carbocycles. The lowest BCUT2D eigenvalue weighted by Crippen LogP contribution is -2.58. The number of aliphatic hydroxyl groups is 1. The van der Waals surface area contributed by atoms with Crippen molar-refractivity contribution < 1.29 is 19.5 Å². The summed E-state index contributed by atoms with van der Waals surface area (Å²) in [5.41, 5.74) is 0.306. The molecule has 0 aromatic heterocycles. The summed E-state index contributed by atoms with van der Waals surface area (Å²) >= 11 is 0. The van der Waals surface area contributed by atoms with Crippen LogP contribution in [0.4, 0.5) is 4.79 Å². The molecule has 0 saturated carbocycles. The summed E-state index contributed by atoms with van der Waals surface area (Å²) in [6.07, 6.45) is 0. The van der Waals surface area contributed by atoms with Gasteiger partial charge in [-0.2, -0.15) is 0 Å². The predicted octanol–water partition coefficient (Wildman–Crippen LogP) is -0.894. The maximum atomic E-state index is 11.8. The molecule has 1 rings (SSSR count). The van der Waals surface area contributed by atoms with E-state index in [1.54, 1.807) is 0 Å². The van der Waals surface area contributed by atoms with E-state index in [-0.39, 0.29) is 13.2 Å². The highest BCUT2D eigenvalue weighted by atomic mass is 16.3. The molecule has 0 atom stereocenters. The number of amides is 4. The number of urea groups is 1. The van der Waals surface area contributed by atoms with Crippen LogP contribution in [0.1, 0.15) is 6.92 Å². The van der Waals surface area contributed by atoms with E-state index < -0.39 is 23.8 Å². The van der Waals surface area contributed by atoms with Gasteiger partial charge in [0.1, 0.15) is 0 Å². The van der Waals surface area contributed by atoms with E-state index in [0.29, 0.717) is 5.71 Å². The van der Waals surface area contributed by atoms with Crippen LogP contribution < -0.4 is 0 Å². The van der Waals surface area contributed by atoms with Gasteiger partial charge in [-0.1, -0.05) is 0 Å². The van der Waals surface area contributed by atoms with E-state index in [1.807, 2.05) is 0 Å². The van der Waals surface area contributed by atoms with E-state index in [1.165, 1.54) is 21.0 Å². The van der Waals surface area contributed by atoms with Crippen molar-refractivity contribution in [3.8, 4) is 0 Å². The molecule has 1 N–H and O–H groups in total. The summed E-state index contributed by atoms with van der Waals surface area (Å²) in [4.78, 5) is 40.8. The molecular formula is C10H15N3O4. The number of carbonyl (C=O) groups is 3. The third-order valence-electron chi connectivity index (χ3n) is 2.61. The molecule has 0 aromatic carbocycles. The number of hydrogen-bond donors (Lipinski definition) is 1. The van der Waals surface area contributed by atoms with Crippen molar-refractivity contribution in [2.75, 3.05) is 27.2 Å². The second-order valence-electron chi connectivity index (χ2n) is 3.76. The number of aliphatic imine (C=N–C) groups is 1. The van der Waals surface area contributed by atoms with Crippen LogP contribution in [0, 0.1) is 5.92 Å². The average Bonchev–Trinajstić information content (AvgIpc) is 2.31. The zero-order valence-corrected chi connectivity index (χ0v) is 10.0. The first-order chi connectivity index (χ1) is 7.91. The van der Waals surface area contributed by atoms with Gasteiger partial charge >= 0.3 is 6.03 Å². The second kappa shape index (κ2) is 5.05.